The van der Waals surface area contributed by atoms with Gasteiger partial charge < -0.3 is 10.1 Å². The van der Waals surface area contributed by atoms with Crippen LogP contribution in [0.3, 0.4) is 0 Å². The minimum Gasteiger partial charge on any atom is -0.465 e. The monoisotopic (exact) mass is 296 g/mol. The second kappa shape index (κ2) is 6.04. The molecule has 0 fully saturated rings. The minimum atomic E-state index is -0.384. The fraction of sp³-hybridized carbons (Fsp3) is 0.231. The number of esters is 1. The Morgan fingerprint density at radius 2 is 2.32 bits per heavy atom. The van der Waals surface area contributed by atoms with Crippen LogP contribution in [0.25, 0.3) is 0 Å². The van der Waals surface area contributed by atoms with Crippen molar-refractivity contribution in [2.75, 3.05) is 12.4 Å². The van der Waals surface area contributed by atoms with E-state index in [1.807, 2.05) is 6.92 Å². The zero-order valence-corrected chi connectivity index (χ0v) is 12.1. The molecule has 1 N–H and O–H groups in total. The van der Waals surface area contributed by atoms with Gasteiger partial charge in [0.1, 0.15) is 0 Å². The van der Waals surface area contributed by atoms with E-state index in [0.29, 0.717) is 16.3 Å². The van der Waals surface area contributed by atoms with Gasteiger partial charge in [0.2, 0.25) is 0 Å². The van der Waals surface area contributed by atoms with Crippen LogP contribution >= 0.6 is 22.9 Å². The summed E-state index contributed by atoms with van der Waals surface area (Å²) in [6.07, 6.45) is 1.81. The van der Waals surface area contributed by atoms with Gasteiger partial charge in [0.25, 0.3) is 0 Å². The Bertz CT molecular complexity index is 572. The smallest absolute Gasteiger partial charge is 0.337 e. The van der Waals surface area contributed by atoms with E-state index in [0.717, 1.165) is 4.88 Å². The first-order valence-electron chi connectivity index (χ1n) is 5.64. The molecule has 100 valence electrons. The number of hydrogen-bond acceptors (Lipinski definition) is 5. The van der Waals surface area contributed by atoms with Crippen LogP contribution in [-0.2, 0) is 4.74 Å². The molecule has 19 heavy (non-hydrogen) atoms. The molecule has 0 spiro atoms. The van der Waals surface area contributed by atoms with Gasteiger partial charge >= 0.3 is 5.97 Å². The molecule has 0 radical (unpaired) electrons. The number of anilines is 1. The third kappa shape index (κ3) is 3.24. The quantitative estimate of drug-likeness (QED) is 0.873. The lowest BCUT2D eigenvalue weighted by Gasteiger charge is -2.15. The Labute approximate surface area is 120 Å². The first-order chi connectivity index (χ1) is 9.11. The Morgan fingerprint density at radius 3 is 2.95 bits per heavy atom. The summed E-state index contributed by atoms with van der Waals surface area (Å²) in [6.45, 7) is 2.01. The van der Waals surface area contributed by atoms with Gasteiger partial charge in [-0.05, 0) is 25.1 Å². The first-order valence-corrected chi connectivity index (χ1v) is 6.90. The van der Waals surface area contributed by atoms with Gasteiger partial charge in [0, 0.05) is 11.1 Å². The highest BCUT2D eigenvalue weighted by molar-refractivity contribution is 7.09. The third-order valence-electron chi connectivity index (χ3n) is 2.64. The lowest BCUT2D eigenvalue weighted by molar-refractivity contribution is 0.0601. The predicted molar refractivity (Wildman–Crippen MR) is 76.9 cm³/mol. The lowest BCUT2D eigenvalue weighted by atomic mass is 10.2. The van der Waals surface area contributed by atoms with E-state index >= 15 is 0 Å². The summed E-state index contributed by atoms with van der Waals surface area (Å²) in [4.78, 5) is 16.6. The van der Waals surface area contributed by atoms with Crippen LogP contribution in [0.4, 0.5) is 5.69 Å². The first kappa shape index (κ1) is 13.8. The average Bonchev–Trinajstić information content (AvgIpc) is 2.94. The SMILES string of the molecule is COC(=O)c1ccc(Cl)c(NC(C)c2cncs2)c1. The van der Waals surface area contributed by atoms with Gasteiger partial charge in [-0.3, -0.25) is 4.98 Å². The van der Waals surface area contributed by atoms with Crippen molar-refractivity contribution in [2.24, 2.45) is 0 Å². The number of nitrogens with zero attached hydrogens (tertiary/aromatic N) is 1. The van der Waals surface area contributed by atoms with Gasteiger partial charge in [0.05, 0.1) is 34.9 Å². The number of carbonyl (C=O) groups is 1. The summed E-state index contributed by atoms with van der Waals surface area (Å²) in [5.41, 5.74) is 2.94. The number of rotatable bonds is 4. The highest BCUT2D eigenvalue weighted by atomic mass is 35.5. The Kier molecular flexibility index (Phi) is 4.39. The van der Waals surface area contributed by atoms with Crippen LogP contribution < -0.4 is 5.32 Å². The van der Waals surface area contributed by atoms with Gasteiger partial charge in [-0.25, -0.2) is 4.79 Å². The molecule has 2 rings (SSSR count). The highest BCUT2D eigenvalue weighted by Crippen LogP contribution is 2.28. The zero-order chi connectivity index (χ0) is 13.8. The lowest BCUT2D eigenvalue weighted by Crippen LogP contribution is -2.07. The van der Waals surface area contributed by atoms with E-state index in [9.17, 15) is 4.79 Å². The van der Waals surface area contributed by atoms with Crippen molar-refractivity contribution in [2.45, 2.75) is 13.0 Å². The third-order valence-corrected chi connectivity index (χ3v) is 3.93. The molecule has 1 aromatic heterocycles. The maximum Gasteiger partial charge on any atom is 0.337 e. The topological polar surface area (TPSA) is 51.2 Å². The molecule has 0 amide bonds. The Balaban J connectivity index is 2.22. The molecule has 6 heteroatoms. The number of hydrogen-bond donors (Lipinski definition) is 1. The van der Waals surface area contributed by atoms with Gasteiger partial charge in [-0.2, -0.15) is 0 Å². The van der Waals surface area contributed by atoms with E-state index in [-0.39, 0.29) is 12.0 Å². The normalized spacial score (nSPS) is 11.9. The van der Waals surface area contributed by atoms with Crippen molar-refractivity contribution in [3.8, 4) is 0 Å². The molecular formula is C13H13ClN2O2S. The highest BCUT2D eigenvalue weighted by Gasteiger charge is 2.12. The van der Waals surface area contributed by atoms with Crippen molar-refractivity contribution in [3.63, 3.8) is 0 Å². The largest absolute Gasteiger partial charge is 0.465 e. The van der Waals surface area contributed by atoms with Crippen molar-refractivity contribution in [1.29, 1.82) is 0 Å². The molecule has 0 bridgehead atoms. The molecule has 0 aliphatic carbocycles. The summed E-state index contributed by atoms with van der Waals surface area (Å²) < 4.78 is 4.69. The van der Waals surface area contributed by atoms with Crippen LogP contribution in [0.1, 0.15) is 28.2 Å². The fourth-order valence-corrected chi connectivity index (χ4v) is 2.42. The van der Waals surface area contributed by atoms with Crippen molar-refractivity contribution < 1.29 is 9.53 Å². The number of aromatic nitrogens is 1. The summed E-state index contributed by atoms with van der Waals surface area (Å²) in [5.74, 6) is -0.384. The Morgan fingerprint density at radius 1 is 1.53 bits per heavy atom. The van der Waals surface area contributed by atoms with E-state index in [2.05, 4.69) is 10.3 Å². The van der Waals surface area contributed by atoms with E-state index < -0.39 is 0 Å². The number of methoxy groups -OCH3 is 1. The van der Waals surface area contributed by atoms with Crippen LogP contribution in [-0.4, -0.2) is 18.1 Å². The molecule has 0 aliphatic rings. The summed E-state index contributed by atoms with van der Waals surface area (Å²) in [7, 11) is 1.35. The number of carbonyl (C=O) groups excluding carboxylic acids is 1. The molecule has 0 saturated carbocycles. The molecule has 0 aliphatic heterocycles. The number of nitrogens with one attached hydrogen (secondary N) is 1. The standard InChI is InChI=1S/C13H13ClN2O2S/c1-8(12-6-15-7-19-12)16-11-5-9(13(17)18-2)3-4-10(11)14/h3-8,16H,1-2H3. The molecular weight excluding hydrogens is 284 g/mol. The summed E-state index contributed by atoms with van der Waals surface area (Å²) in [5, 5.41) is 3.82. The van der Waals surface area contributed by atoms with Crippen molar-refractivity contribution in [3.05, 3.63) is 45.4 Å². The number of ether oxygens (including phenoxy) is 1. The average molecular weight is 297 g/mol. The number of thiazole rings is 1. The van der Waals surface area contributed by atoms with Crippen LogP contribution in [0.15, 0.2) is 29.9 Å². The van der Waals surface area contributed by atoms with Crippen LogP contribution in [0.5, 0.6) is 0 Å². The summed E-state index contributed by atoms with van der Waals surface area (Å²) in [6, 6.07) is 5.07. The van der Waals surface area contributed by atoms with Crippen LogP contribution in [0, 0.1) is 0 Å². The molecule has 1 atom stereocenters. The maximum atomic E-state index is 11.5. The van der Waals surface area contributed by atoms with Crippen LogP contribution in [0.2, 0.25) is 5.02 Å². The van der Waals surface area contributed by atoms with Crippen molar-refractivity contribution in [1.82, 2.24) is 4.98 Å². The molecule has 2 aromatic rings. The molecule has 1 heterocycles. The van der Waals surface area contributed by atoms with Gasteiger partial charge in [0.15, 0.2) is 0 Å². The molecule has 4 nitrogen and oxygen atoms in total. The second-order valence-corrected chi connectivity index (χ2v) is 5.28. The molecule has 1 aromatic carbocycles. The minimum absolute atomic E-state index is 0.0675. The summed E-state index contributed by atoms with van der Waals surface area (Å²) >= 11 is 7.69. The van der Waals surface area contributed by atoms with Crippen molar-refractivity contribution >= 4 is 34.6 Å². The molecule has 1 unspecified atom stereocenters. The molecule has 0 saturated heterocycles. The Hall–Kier alpha value is -1.59. The predicted octanol–water partition coefficient (Wildman–Crippen LogP) is 3.76. The fourth-order valence-electron chi connectivity index (χ4n) is 1.62. The van der Waals surface area contributed by atoms with Gasteiger partial charge in [-0.1, -0.05) is 11.6 Å². The van der Waals surface area contributed by atoms with E-state index in [4.69, 9.17) is 16.3 Å². The second-order valence-electron chi connectivity index (χ2n) is 3.96. The van der Waals surface area contributed by atoms with E-state index in [1.165, 1.54) is 7.11 Å². The van der Waals surface area contributed by atoms with E-state index in [1.54, 1.807) is 41.2 Å². The van der Waals surface area contributed by atoms with Gasteiger partial charge in [-0.15, -0.1) is 11.3 Å². The zero-order valence-electron chi connectivity index (χ0n) is 10.5. The number of halogens is 1. The number of benzene rings is 1. The maximum absolute atomic E-state index is 11.5.